The average molecular weight is 532 g/mol. The van der Waals surface area contributed by atoms with Gasteiger partial charge in [0.15, 0.2) is 0 Å². The molecule has 4 rings (SSSR count). The highest BCUT2D eigenvalue weighted by Crippen LogP contribution is 2.27. The van der Waals surface area contributed by atoms with E-state index in [0.717, 1.165) is 12.1 Å². The van der Waals surface area contributed by atoms with Crippen LogP contribution in [0.4, 0.5) is 21.9 Å². The number of hydrogen-bond acceptors (Lipinski definition) is 9. The van der Waals surface area contributed by atoms with Gasteiger partial charge < -0.3 is 20.1 Å². The zero-order chi connectivity index (χ0) is 28.1. The third-order valence-electron chi connectivity index (χ3n) is 5.47. The first-order valence-corrected chi connectivity index (χ1v) is 11.5. The molecule has 0 radical (unpaired) electrons. The topological polar surface area (TPSA) is 174 Å². The van der Waals surface area contributed by atoms with Crippen LogP contribution in [0.25, 0.3) is 0 Å². The maximum absolute atomic E-state index is 12.6. The van der Waals surface area contributed by atoms with Crippen molar-refractivity contribution in [3.8, 4) is 5.75 Å². The van der Waals surface area contributed by atoms with E-state index in [2.05, 4.69) is 15.4 Å². The molecule has 0 saturated carbocycles. The molecular weight excluding hydrogens is 512 g/mol. The van der Waals surface area contributed by atoms with Crippen LogP contribution in [0.5, 0.6) is 5.75 Å². The molecule has 0 atom stereocenters. The molecule has 0 spiro atoms. The van der Waals surface area contributed by atoms with E-state index < -0.39 is 41.3 Å². The maximum atomic E-state index is 12.6. The van der Waals surface area contributed by atoms with Crippen molar-refractivity contribution in [3.63, 3.8) is 0 Å². The normalized spacial score (nSPS) is 12.0. The Balaban J connectivity index is 1.32. The smallest absolute Gasteiger partial charge is 0.434 e. The van der Waals surface area contributed by atoms with Crippen molar-refractivity contribution in [1.82, 2.24) is 4.90 Å². The molecule has 3 aromatic carbocycles. The number of nitrogens with one attached hydrogen (secondary N) is 2. The summed E-state index contributed by atoms with van der Waals surface area (Å²) in [7, 11) is 0. The van der Waals surface area contributed by atoms with Crippen molar-refractivity contribution >= 4 is 46.8 Å². The molecule has 1 aliphatic heterocycles. The monoisotopic (exact) mass is 532 g/mol. The summed E-state index contributed by atoms with van der Waals surface area (Å²) in [6.45, 7) is 1.23. The second-order valence-electron chi connectivity index (χ2n) is 8.07. The number of fused-ring (bicyclic) bond motifs is 1. The Morgan fingerprint density at radius 1 is 0.872 bits per heavy atom. The molecule has 13 heteroatoms. The number of imide groups is 1. The lowest BCUT2D eigenvalue weighted by Gasteiger charge is -2.14. The molecule has 0 bridgehead atoms. The molecule has 0 aliphatic carbocycles. The molecule has 1 heterocycles. The van der Waals surface area contributed by atoms with E-state index in [1.54, 1.807) is 6.92 Å². The first kappa shape index (κ1) is 26.5. The van der Waals surface area contributed by atoms with Crippen LogP contribution >= 0.6 is 0 Å². The molecule has 0 saturated heterocycles. The number of anilines is 2. The van der Waals surface area contributed by atoms with Gasteiger partial charge in [-0.15, -0.1) is 0 Å². The lowest BCUT2D eigenvalue weighted by Crippen LogP contribution is -2.37. The quantitative estimate of drug-likeness (QED) is 0.144. The Morgan fingerprint density at radius 3 is 2.10 bits per heavy atom. The number of nitro benzene ring substituents is 1. The van der Waals surface area contributed by atoms with Gasteiger partial charge in [0.1, 0.15) is 12.3 Å². The molecule has 4 amide bonds. The Labute approximate surface area is 220 Å². The fourth-order valence-electron chi connectivity index (χ4n) is 3.64. The molecule has 2 N–H and O–H groups in total. The van der Waals surface area contributed by atoms with Gasteiger partial charge in [0.25, 0.3) is 23.4 Å². The van der Waals surface area contributed by atoms with Crippen molar-refractivity contribution < 1.29 is 38.4 Å². The summed E-state index contributed by atoms with van der Waals surface area (Å²) >= 11 is 0. The standard InChI is InChI=1S/C26H20N4O9/c1-2-38-26(35)39-19-10-3-15(4-11-19)23(32)28-17-7-5-16(6-8-17)27-22(31)14-29-24(33)20-12-9-18(30(36)37)13-21(20)25(29)34/h3-13H,2,14H2,1H3,(H,27,31)(H,28,32). The van der Waals surface area contributed by atoms with Crippen molar-refractivity contribution in [3.05, 3.63) is 93.5 Å². The number of carbonyl (C=O) groups is 5. The van der Waals surface area contributed by atoms with Crippen LogP contribution in [0.2, 0.25) is 0 Å². The molecule has 198 valence electrons. The number of carbonyl (C=O) groups excluding carboxylic acids is 5. The second-order valence-corrected chi connectivity index (χ2v) is 8.07. The van der Waals surface area contributed by atoms with Gasteiger partial charge in [0, 0.05) is 29.1 Å². The first-order valence-electron chi connectivity index (χ1n) is 11.5. The van der Waals surface area contributed by atoms with Gasteiger partial charge in [0.05, 0.1) is 22.7 Å². The van der Waals surface area contributed by atoms with E-state index in [0.29, 0.717) is 21.8 Å². The molecule has 3 aromatic rings. The van der Waals surface area contributed by atoms with Gasteiger partial charge in [-0.05, 0) is 61.5 Å². The van der Waals surface area contributed by atoms with Crippen LogP contribution in [0.1, 0.15) is 38.0 Å². The number of nitro groups is 1. The molecule has 0 fully saturated rings. The number of nitrogens with zero attached hydrogens (tertiary/aromatic N) is 2. The Bertz CT molecular complexity index is 1480. The number of benzene rings is 3. The minimum Gasteiger partial charge on any atom is -0.434 e. The van der Waals surface area contributed by atoms with Crippen molar-refractivity contribution in [2.75, 3.05) is 23.8 Å². The van der Waals surface area contributed by atoms with Crippen LogP contribution in [0.15, 0.2) is 66.7 Å². The second kappa shape index (κ2) is 11.2. The lowest BCUT2D eigenvalue weighted by atomic mass is 10.1. The summed E-state index contributed by atoms with van der Waals surface area (Å²) in [5.41, 5.74) is 0.573. The minimum atomic E-state index is -0.850. The molecular formula is C26H20N4O9. The van der Waals surface area contributed by atoms with Crippen molar-refractivity contribution in [2.45, 2.75) is 6.92 Å². The molecule has 0 unspecified atom stereocenters. The van der Waals surface area contributed by atoms with Gasteiger partial charge in [-0.1, -0.05) is 0 Å². The van der Waals surface area contributed by atoms with E-state index >= 15 is 0 Å². The summed E-state index contributed by atoms with van der Waals surface area (Å²) in [5.74, 6) is -2.40. The summed E-state index contributed by atoms with van der Waals surface area (Å²) < 4.78 is 9.63. The minimum absolute atomic E-state index is 0.0142. The third kappa shape index (κ3) is 6.05. The number of amides is 4. The summed E-state index contributed by atoms with van der Waals surface area (Å²) in [5, 5.41) is 16.2. The number of ether oxygens (including phenoxy) is 2. The summed E-state index contributed by atoms with van der Waals surface area (Å²) in [6, 6.07) is 15.2. The highest BCUT2D eigenvalue weighted by Gasteiger charge is 2.37. The van der Waals surface area contributed by atoms with Crippen LogP contribution in [-0.2, 0) is 9.53 Å². The van der Waals surface area contributed by atoms with E-state index in [9.17, 15) is 34.1 Å². The van der Waals surface area contributed by atoms with Gasteiger partial charge in [-0.25, -0.2) is 4.79 Å². The molecule has 0 aromatic heterocycles. The van der Waals surface area contributed by atoms with E-state index in [1.807, 2.05) is 0 Å². The van der Waals surface area contributed by atoms with E-state index in [4.69, 9.17) is 4.74 Å². The van der Waals surface area contributed by atoms with Crippen LogP contribution in [-0.4, -0.2) is 52.8 Å². The fraction of sp³-hybridized carbons (Fsp3) is 0.115. The SMILES string of the molecule is CCOC(=O)Oc1ccc(C(=O)Nc2ccc(NC(=O)CN3C(=O)c4ccc([N+](=O)[O-])cc4C3=O)cc2)cc1. The summed E-state index contributed by atoms with van der Waals surface area (Å²) in [6.07, 6.45) is -0.850. The highest BCUT2D eigenvalue weighted by atomic mass is 16.7. The molecule has 13 nitrogen and oxygen atoms in total. The third-order valence-corrected chi connectivity index (χ3v) is 5.47. The predicted octanol–water partition coefficient (Wildman–Crippen LogP) is 3.62. The predicted molar refractivity (Wildman–Crippen MR) is 136 cm³/mol. The lowest BCUT2D eigenvalue weighted by molar-refractivity contribution is -0.384. The highest BCUT2D eigenvalue weighted by molar-refractivity contribution is 6.23. The van der Waals surface area contributed by atoms with Crippen LogP contribution in [0.3, 0.4) is 0 Å². The average Bonchev–Trinajstić information content (AvgIpc) is 3.14. The molecule has 39 heavy (non-hydrogen) atoms. The largest absolute Gasteiger partial charge is 0.513 e. The van der Waals surface area contributed by atoms with Crippen LogP contribution in [0, 0.1) is 10.1 Å². The van der Waals surface area contributed by atoms with Crippen molar-refractivity contribution in [2.24, 2.45) is 0 Å². The van der Waals surface area contributed by atoms with Gasteiger partial charge in [0.2, 0.25) is 5.91 Å². The van der Waals surface area contributed by atoms with Gasteiger partial charge in [-0.3, -0.25) is 34.2 Å². The maximum Gasteiger partial charge on any atom is 0.513 e. The molecule has 1 aliphatic rings. The van der Waals surface area contributed by atoms with Gasteiger partial charge >= 0.3 is 6.16 Å². The first-order chi connectivity index (χ1) is 18.7. The van der Waals surface area contributed by atoms with Crippen LogP contribution < -0.4 is 15.4 Å². The number of hydrogen-bond donors (Lipinski definition) is 2. The number of non-ortho nitro benzene ring substituents is 1. The van der Waals surface area contributed by atoms with Crippen molar-refractivity contribution in [1.29, 1.82) is 0 Å². The summed E-state index contributed by atoms with van der Waals surface area (Å²) in [4.78, 5) is 72.4. The number of rotatable bonds is 8. The van der Waals surface area contributed by atoms with E-state index in [-0.39, 0.29) is 29.2 Å². The van der Waals surface area contributed by atoms with Gasteiger partial charge in [-0.2, -0.15) is 0 Å². The zero-order valence-corrected chi connectivity index (χ0v) is 20.3. The van der Waals surface area contributed by atoms with E-state index in [1.165, 1.54) is 54.6 Å². The Hall–Kier alpha value is -5.59. The fourth-order valence-corrected chi connectivity index (χ4v) is 3.64. The zero-order valence-electron chi connectivity index (χ0n) is 20.3. The Morgan fingerprint density at radius 2 is 1.49 bits per heavy atom. The Kier molecular flexibility index (Phi) is 7.61.